The van der Waals surface area contributed by atoms with Crippen LogP contribution in [0, 0.1) is 0 Å². The molecule has 0 spiro atoms. The molecular weight excluding hydrogens is 258 g/mol. The fraction of sp³-hybridized carbons (Fsp3) is 0.429. The van der Waals surface area contributed by atoms with Crippen LogP contribution in [0.15, 0.2) is 22.7 Å². The van der Waals surface area contributed by atoms with E-state index in [4.69, 9.17) is 19.7 Å². The van der Waals surface area contributed by atoms with E-state index in [0.717, 1.165) is 5.56 Å². The fourth-order valence-electron chi connectivity index (χ4n) is 1.88. The standard InChI is InChI=1S/C14H19N3O3/c1-5-19-14(2,3)13-16-12(20-17-13)9-6-7-11(18-4)10(15)8-9/h6-8H,5,15H2,1-4H3. The number of hydrogen-bond acceptors (Lipinski definition) is 6. The summed E-state index contributed by atoms with van der Waals surface area (Å²) in [4.78, 5) is 4.37. The monoisotopic (exact) mass is 277 g/mol. The van der Waals surface area contributed by atoms with Crippen LogP contribution < -0.4 is 10.5 Å². The van der Waals surface area contributed by atoms with E-state index < -0.39 is 5.60 Å². The quantitative estimate of drug-likeness (QED) is 0.846. The van der Waals surface area contributed by atoms with E-state index in [2.05, 4.69) is 10.1 Å². The largest absolute Gasteiger partial charge is 0.495 e. The maximum atomic E-state index is 5.87. The summed E-state index contributed by atoms with van der Waals surface area (Å²) in [6, 6.07) is 5.33. The maximum absolute atomic E-state index is 5.87. The van der Waals surface area contributed by atoms with E-state index in [-0.39, 0.29) is 0 Å². The van der Waals surface area contributed by atoms with Gasteiger partial charge >= 0.3 is 0 Å². The molecule has 0 saturated heterocycles. The molecule has 0 atom stereocenters. The molecule has 1 heterocycles. The van der Waals surface area contributed by atoms with Gasteiger partial charge in [-0.05, 0) is 39.0 Å². The molecule has 0 saturated carbocycles. The van der Waals surface area contributed by atoms with Crippen molar-refractivity contribution in [3.63, 3.8) is 0 Å². The number of methoxy groups -OCH3 is 1. The molecule has 20 heavy (non-hydrogen) atoms. The summed E-state index contributed by atoms with van der Waals surface area (Å²) in [5.74, 6) is 1.52. The lowest BCUT2D eigenvalue weighted by Gasteiger charge is -2.19. The Kier molecular flexibility index (Phi) is 3.94. The summed E-state index contributed by atoms with van der Waals surface area (Å²) in [5.41, 5.74) is 6.55. The van der Waals surface area contributed by atoms with Gasteiger partial charge in [-0.25, -0.2) is 0 Å². The maximum Gasteiger partial charge on any atom is 0.258 e. The molecule has 6 nitrogen and oxygen atoms in total. The van der Waals surface area contributed by atoms with Crippen molar-refractivity contribution in [2.45, 2.75) is 26.4 Å². The summed E-state index contributed by atoms with van der Waals surface area (Å²) >= 11 is 0. The third kappa shape index (κ3) is 2.75. The predicted octanol–water partition coefficient (Wildman–Crippen LogP) is 2.60. The molecule has 0 amide bonds. The summed E-state index contributed by atoms with van der Waals surface area (Å²) < 4.78 is 16.0. The highest BCUT2D eigenvalue weighted by Gasteiger charge is 2.27. The molecular formula is C14H19N3O3. The Labute approximate surface area is 117 Å². The average Bonchev–Trinajstić information content (AvgIpc) is 2.89. The minimum Gasteiger partial charge on any atom is -0.495 e. The van der Waals surface area contributed by atoms with Gasteiger partial charge in [0.2, 0.25) is 5.82 Å². The molecule has 0 aliphatic rings. The third-order valence-electron chi connectivity index (χ3n) is 2.95. The van der Waals surface area contributed by atoms with Crippen LogP contribution in [-0.2, 0) is 10.3 Å². The van der Waals surface area contributed by atoms with E-state index in [0.29, 0.717) is 29.8 Å². The second kappa shape index (κ2) is 5.50. The lowest BCUT2D eigenvalue weighted by molar-refractivity contribution is -0.0221. The van der Waals surface area contributed by atoms with Gasteiger partial charge in [-0.1, -0.05) is 5.16 Å². The van der Waals surface area contributed by atoms with E-state index >= 15 is 0 Å². The van der Waals surface area contributed by atoms with Gasteiger partial charge in [0.1, 0.15) is 11.4 Å². The second-order valence-corrected chi connectivity index (χ2v) is 4.82. The molecule has 1 aromatic carbocycles. The first-order chi connectivity index (χ1) is 9.47. The van der Waals surface area contributed by atoms with Crippen LogP contribution in [0.25, 0.3) is 11.5 Å². The van der Waals surface area contributed by atoms with Gasteiger partial charge in [-0.15, -0.1) is 0 Å². The lowest BCUT2D eigenvalue weighted by atomic mass is 10.1. The summed E-state index contributed by atoms with van der Waals surface area (Å²) in [7, 11) is 1.57. The summed E-state index contributed by atoms with van der Waals surface area (Å²) in [5, 5.41) is 3.97. The van der Waals surface area contributed by atoms with Crippen LogP contribution in [0.1, 0.15) is 26.6 Å². The van der Waals surface area contributed by atoms with Crippen LogP contribution >= 0.6 is 0 Å². The fourth-order valence-corrected chi connectivity index (χ4v) is 1.88. The highest BCUT2D eigenvalue weighted by molar-refractivity contribution is 5.65. The average molecular weight is 277 g/mol. The van der Waals surface area contributed by atoms with Crippen LogP contribution in [0.3, 0.4) is 0 Å². The van der Waals surface area contributed by atoms with Gasteiger partial charge in [-0.3, -0.25) is 0 Å². The lowest BCUT2D eigenvalue weighted by Crippen LogP contribution is -2.23. The zero-order chi connectivity index (χ0) is 14.8. The van der Waals surface area contributed by atoms with Crippen molar-refractivity contribution in [1.29, 1.82) is 0 Å². The minimum atomic E-state index is -0.589. The number of anilines is 1. The number of benzene rings is 1. The number of aromatic nitrogens is 2. The van der Waals surface area contributed by atoms with E-state index in [1.54, 1.807) is 19.2 Å². The predicted molar refractivity (Wildman–Crippen MR) is 75.4 cm³/mol. The van der Waals surface area contributed by atoms with Crippen molar-refractivity contribution in [3.8, 4) is 17.2 Å². The van der Waals surface area contributed by atoms with Crippen molar-refractivity contribution < 1.29 is 14.0 Å². The van der Waals surface area contributed by atoms with Gasteiger partial charge in [0, 0.05) is 12.2 Å². The Morgan fingerprint density at radius 3 is 2.70 bits per heavy atom. The zero-order valence-corrected chi connectivity index (χ0v) is 12.1. The molecule has 108 valence electrons. The Hall–Kier alpha value is -2.08. The molecule has 2 rings (SSSR count). The molecule has 0 unspecified atom stereocenters. The van der Waals surface area contributed by atoms with E-state index in [9.17, 15) is 0 Å². The van der Waals surface area contributed by atoms with E-state index in [1.165, 1.54) is 0 Å². The normalized spacial score (nSPS) is 11.6. The SMILES string of the molecule is CCOC(C)(C)c1noc(-c2ccc(OC)c(N)c2)n1. The van der Waals surface area contributed by atoms with Gasteiger partial charge < -0.3 is 19.7 Å². The number of nitrogens with two attached hydrogens (primary N) is 1. The molecule has 0 aliphatic carbocycles. The smallest absolute Gasteiger partial charge is 0.258 e. The third-order valence-corrected chi connectivity index (χ3v) is 2.95. The van der Waals surface area contributed by atoms with Crippen molar-refractivity contribution in [1.82, 2.24) is 10.1 Å². The van der Waals surface area contributed by atoms with Crippen molar-refractivity contribution in [3.05, 3.63) is 24.0 Å². The Morgan fingerprint density at radius 1 is 1.35 bits per heavy atom. The Morgan fingerprint density at radius 2 is 2.10 bits per heavy atom. The Bertz CT molecular complexity index is 593. The van der Waals surface area contributed by atoms with Crippen molar-refractivity contribution in [2.75, 3.05) is 19.5 Å². The highest BCUT2D eigenvalue weighted by Crippen LogP contribution is 2.29. The first-order valence-corrected chi connectivity index (χ1v) is 6.40. The molecule has 0 radical (unpaired) electrons. The number of nitrogens with zero attached hydrogens (tertiary/aromatic N) is 2. The Balaban J connectivity index is 2.31. The molecule has 6 heteroatoms. The zero-order valence-electron chi connectivity index (χ0n) is 12.1. The highest BCUT2D eigenvalue weighted by atomic mass is 16.5. The molecule has 0 fully saturated rings. The van der Waals surface area contributed by atoms with Crippen LogP contribution in [-0.4, -0.2) is 23.9 Å². The van der Waals surface area contributed by atoms with E-state index in [1.807, 2.05) is 26.8 Å². The van der Waals surface area contributed by atoms with Crippen LogP contribution in [0.2, 0.25) is 0 Å². The summed E-state index contributed by atoms with van der Waals surface area (Å²) in [6.45, 7) is 6.29. The van der Waals surface area contributed by atoms with Gasteiger partial charge in [0.05, 0.1) is 12.8 Å². The van der Waals surface area contributed by atoms with Crippen LogP contribution in [0.4, 0.5) is 5.69 Å². The first kappa shape index (κ1) is 14.3. The number of nitrogen functional groups attached to an aromatic ring is 1. The second-order valence-electron chi connectivity index (χ2n) is 4.82. The first-order valence-electron chi connectivity index (χ1n) is 6.40. The number of ether oxygens (including phenoxy) is 2. The number of rotatable bonds is 5. The molecule has 0 bridgehead atoms. The van der Waals surface area contributed by atoms with Gasteiger partial charge in [0.25, 0.3) is 5.89 Å². The van der Waals surface area contributed by atoms with Gasteiger partial charge in [-0.2, -0.15) is 4.98 Å². The molecule has 2 N–H and O–H groups in total. The van der Waals surface area contributed by atoms with Gasteiger partial charge in [0.15, 0.2) is 0 Å². The molecule has 2 aromatic rings. The number of hydrogen-bond donors (Lipinski definition) is 1. The minimum absolute atomic E-state index is 0.405. The topological polar surface area (TPSA) is 83.4 Å². The summed E-state index contributed by atoms with van der Waals surface area (Å²) in [6.07, 6.45) is 0. The molecule has 0 aliphatic heterocycles. The van der Waals surface area contributed by atoms with Crippen molar-refractivity contribution >= 4 is 5.69 Å². The van der Waals surface area contributed by atoms with Crippen LogP contribution in [0.5, 0.6) is 5.75 Å². The van der Waals surface area contributed by atoms with Crippen molar-refractivity contribution in [2.24, 2.45) is 0 Å². The molecule has 1 aromatic heterocycles.